The number of ether oxygens (including phenoxy) is 2. The predicted molar refractivity (Wildman–Crippen MR) is 144 cm³/mol. The lowest BCUT2D eigenvalue weighted by molar-refractivity contribution is -0.149. The Hall–Kier alpha value is -2.62. The molecule has 3 aromatic carbocycles. The molecule has 1 fully saturated rings. The molecule has 1 heterocycles. The van der Waals surface area contributed by atoms with Gasteiger partial charge in [0.05, 0.1) is 20.0 Å². The lowest BCUT2D eigenvalue weighted by Crippen LogP contribution is -2.35. The molecular formula is C26H21Br2NO5S. The summed E-state index contributed by atoms with van der Waals surface area (Å²) in [5, 5.41) is 1.77. The molecule has 0 N–H and O–H groups in total. The highest BCUT2D eigenvalue weighted by atomic mass is 79.9. The van der Waals surface area contributed by atoms with Crippen molar-refractivity contribution < 1.29 is 23.9 Å². The molecule has 35 heavy (non-hydrogen) atoms. The molecule has 1 saturated heterocycles. The van der Waals surface area contributed by atoms with Crippen LogP contribution in [-0.4, -0.2) is 34.7 Å². The molecule has 0 unspecified atom stereocenters. The lowest BCUT2D eigenvalue weighted by atomic mass is 10.1. The molecule has 4 rings (SSSR count). The van der Waals surface area contributed by atoms with E-state index in [1.165, 1.54) is 0 Å². The number of esters is 1. The lowest BCUT2D eigenvalue weighted by Gasteiger charge is -2.13. The molecule has 9 heteroatoms. The van der Waals surface area contributed by atoms with Crippen LogP contribution in [0.2, 0.25) is 0 Å². The molecule has 0 bridgehead atoms. The van der Waals surface area contributed by atoms with E-state index in [9.17, 15) is 14.4 Å². The molecule has 3 aromatic rings. The second-order valence-corrected chi connectivity index (χ2v) is 10.7. The first-order valence-corrected chi connectivity index (χ1v) is 13.2. The van der Waals surface area contributed by atoms with Crippen molar-refractivity contribution in [3.63, 3.8) is 0 Å². The second-order valence-electron chi connectivity index (χ2n) is 8.05. The smallest absolute Gasteiger partial charge is 0.326 e. The van der Waals surface area contributed by atoms with Gasteiger partial charge >= 0.3 is 5.97 Å². The van der Waals surface area contributed by atoms with Gasteiger partial charge in [-0.05, 0) is 97.6 Å². The first kappa shape index (κ1) is 25.5. The van der Waals surface area contributed by atoms with Gasteiger partial charge in [0.1, 0.15) is 18.9 Å². The third kappa shape index (κ3) is 5.97. The van der Waals surface area contributed by atoms with Crippen LogP contribution in [0.25, 0.3) is 16.8 Å². The summed E-state index contributed by atoms with van der Waals surface area (Å²) in [6.07, 6.45) is 1.29. The van der Waals surface area contributed by atoms with Crippen LogP contribution in [0.4, 0.5) is 4.79 Å². The number of carbonyl (C=O) groups is 3. The van der Waals surface area contributed by atoms with Crippen LogP contribution in [0, 0.1) is 0 Å². The SMILES string of the molecule is CC(C)OC(=O)CN1C(=O)S/C(=C/c2cc(Br)c(OCc3cccc4ccccc34)c(Br)c2)C1=O. The van der Waals surface area contributed by atoms with Gasteiger partial charge in [0.25, 0.3) is 11.1 Å². The van der Waals surface area contributed by atoms with Gasteiger partial charge in [0.15, 0.2) is 0 Å². The Bertz CT molecular complexity index is 1330. The normalized spacial score (nSPS) is 14.9. The van der Waals surface area contributed by atoms with Crippen molar-refractivity contribution in [2.75, 3.05) is 6.54 Å². The summed E-state index contributed by atoms with van der Waals surface area (Å²) in [6.45, 7) is 3.38. The number of halogens is 2. The van der Waals surface area contributed by atoms with Crippen molar-refractivity contribution in [3.05, 3.63) is 79.6 Å². The van der Waals surface area contributed by atoms with E-state index >= 15 is 0 Å². The minimum Gasteiger partial charge on any atom is -0.487 e. The zero-order valence-corrected chi connectivity index (χ0v) is 22.9. The average Bonchev–Trinajstić information content (AvgIpc) is 3.05. The molecule has 0 radical (unpaired) electrons. The highest BCUT2D eigenvalue weighted by Gasteiger charge is 2.36. The number of imide groups is 1. The van der Waals surface area contributed by atoms with Crippen LogP contribution >= 0.6 is 43.6 Å². The van der Waals surface area contributed by atoms with Crippen LogP contribution < -0.4 is 4.74 Å². The van der Waals surface area contributed by atoms with E-state index in [1.54, 1.807) is 19.9 Å². The van der Waals surface area contributed by atoms with Gasteiger partial charge in [-0.25, -0.2) is 0 Å². The molecule has 2 amide bonds. The standard InChI is InChI=1S/C26H21Br2NO5S/c1-15(2)34-23(30)13-29-25(31)22(35-26(29)32)12-16-10-20(27)24(21(28)11-16)33-14-18-8-5-7-17-6-3-4-9-19(17)18/h3-12,15H,13-14H2,1-2H3/b22-12+. The summed E-state index contributed by atoms with van der Waals surface area (Å²) in [7, 11) is 0. The fraction of sp³-hybridized carbons (Fsp3) is 0.192. The maximum Gasteiger partial charge on any atom is 0.326 e. The Morgan fingerprint density at radius 3 is 2.46 bits per heavy atom. The summed E-state index contributed by atoms with van der Waals surface area (Å²) in [6, 6.07) is 17.9. The van der Waals surface area contributed by atoms with Crippen LogP contribution in [0.15, 0.2) is 68.4 Å². The van der Waals surface area contributed by atoms with Crippen LogP contribution in [0.3, 0.4) is 0 Å². The number of fused-ring (bicyclic) bond motifs is 1. The van der Waals surface area contributed by atoms with Gasteiger partial charge in [-0.15, -0.1) is 0 Å². The Kier molecular flexibility index (Phi) is 7.98. The summed E-state index contributed by atoms with van der Waals surface area (Å²) >= 11 is 7.89. The highest BCUT2D eigenvalue weighted by molar-refractivity contribution is 9.11. The summed E-state index contributed by atoms with van der Waals surface area (Å²) in [5.41, 5.74) is 1.76. The Morgan fingerprint density at radius 1 is 1.06 bits per heavy atom. The molecule has 0 aromatic heterocycles. The Balaban J connectivity index is 1.50. The number of carbonyl (C=O) groups excluding carboxylic acids is 3. The molecule has 0 atom stereocenters. The predicted octanol–water partition coefficient (Wildman–Crippen LogP) is 6.93. The van der Waals surface area contributed by atoms with Gasteiger partial charge in [0, 0.05) is 0 Å². The van der Waals surface area contributed by atoms with E-state index in [4.69, 9.17) is 9.47 Å². The maximum absolute atomic E-state index is 12.7. The fourth-order valence-corrected chi connectivity index (χ4v) is 5.88. The third-order valence-corrected chi connectivity index (χ3v) is 7.18. The molecule has 0 aliphatic carbocycles. The average molecular weight is 619 g/mol. The highest BCUT2D eigenvalue weighted by Crippen LogP contribution is 2.38. The largest absolute Gasteiger partial charge is 0.487 e. The zero-order valence-electron chi connectivity index (χ0n) is 18.9. The quantitative estimate of drug-likeness (QED) is 0.211. The first-order valence-electron chi connectivity index (χ1n) is 10.8. The topological polar surface area (TPSA) is 72.9 Å². The van der Waals surface area contributed by atoms with Gasteiger partial charge in [0.2, 0.25) is 0 Å². The van der Waals surface area contributed by atoms with E-state index in [0.717, 1.165) is 33.0 Å². The van der Waals surface area contributed by atoms with Gasteiger partial charge < -0.3 is 9.47 Å². The molecular weight excluding hydrogens is 598 g/mol. The van der Waals surface area contributed by atoms with Crippen molar-refractivity contribution in [2.45, 2.75) is 26.6 Å². The van der Waals surface area contributed by atoms with Gasteiger partial charge in [-0.2, -0.15) is 0 Å². The van der Waals surface area contributed by atoms with Crippen LogP contribution in [0.1, 0.15) is 25.0 Å². The van der Waals surface area contributed by atoms with E-state index in [2.05, 4.69) is 50.1 Å². The number of nitrogens with zero attached hydrogens (tertiary/aromatic N) is 1. The summed E-state index contributed by atoms with van der Waals surface area (Å²) in [5.74, 6) is -0.523. The number of thioether (sulfide) groups is 1. The van der Waals surface area contributed by atoms with Gasteiger partial charge in [-0.1, -0.05) is 42.5 Å². The molecule has 1 aliphatic heterocycles. The number of amides is 2. The van der Waals surface area contributed by atoms with E-state index in [1.807, 2.05) is 36.4 Å². The first-order chi connectivity index (χ1) is 16.7. The minimum absolute atomic E-state index is 0.232. The van der Waals surface area contributed by atoms with E-state index in [0.29, 0.717) is 26.9 Å². The van der Waals surface area contributed by atoms with Crippen LogP contribution in [-0.2, 0) is 20.9 Å². The molecule has 6 nitrogen and oxygen atoms in total. The third-order valence-electron chi connectivity index (χ3n) is 5.10. The van der Waals surface area contributed by atoms with E-state index < -0.39 is 23.7 Å². The number of hydrogen-bond donors (Lipinski definition) is 0. The fourth-order valence-electron chi connectivity index (χ4n) is 3.59. The minimum atomic E-state index is -0.623. The molecule has 180 valence electrons. The number of hydrogen-bond acceptors (Lipinski definition) is 6. The Labute approximate surface area is 223 Å². The van der Waals surface area contributed by atoms with Crippen molar-refractivity contribution in [1.29, 1.82) is 0 Å². The maximum atomic E-state index is 12.7. The van der Waals surface area contributed by atoms with E-state index in [-0.39, 0.29) is 11.0 Å². The molecule has 0 spiro atoms. The van der Waals surface area contributed by atoms with Gasteiger partial charge in [-0.3, -0.25) is 19.3 Å². The Morgan fingerprint density at radius 2 is 1.74 bits per heavy atom. The number of rotatable bonds is 7. The van der Waals surface area contributed by atoms with Crippen molar-refractivity contribution >= 4 is 77.6 Å². The summed E-state index contributed by atoms with van der Waals surface area (Å²) < 4.78 is 12.5. The van der Waals surface area contributed by atoms with Crippen molar-refractivity contribution in [1.82, 2.24) is 4.90 Å². The monoisotopic (exact) mass is 617 g/mol. The summed E-state index contributed by atoms with van der Waals surface area (Å²) in [4.78, 5) is 38.0. The number of benzene rings is 3. The zero-order chi connectivity index (χ0) is 25.1. The molecule has 1 aliphatic rings. The van der Waals surface area contributed by atoms with Crippen LogP contribution in [0.5, 0.6) is 5.75 Å². The van der Waals surface area contributed by atoms with Crippen molar-refractivity contribution in [2.24, 2.45) is 0 Å². The second kappa shape index (κ2) is 11.0. The molecule has 0 saturated carbocycles. The van der Waals surface area contributed by atoms with Crippen molar-refractivity contribution in [3.8, 4) is 5.75 Å².